The zero-order valence-electron chi connectivity index (χ0n) is 26.4. The van der Waals surface area contributed by atoms with Crippen molar-refractivity contribution in [1.29, 1.82) is 0 Å². The molecule has 4 rings (SSSR count). The lowest BCUT2D eigenvalue weighted by molar-refractivity contribution is -0.0539. The number of nitrogens with zero attached hydrogens (tertiary/aromatic N) is 3. The quantitative estimate of drug-likeness (QED) is 0.452. The van der Waals surface area contributed by atoms with Crippen LogP contribution in [0.25, 0.3) is 0 Å². The number of rotatable bonds is 7. The van der Waals surface area contributed by atoms with E-state index in [9.17, 15) is 0 Å². The second-order valence-electron chi connectivity index (χ2n) is 13.9. The van der Waals surface area contributed by atoms with E-state index >= 15 is 0 Å². The molecule has 2 unspecified atom stereocenters. The predicted octanol–water partition coefficient (Wildman–Crippen LogP) is 4.71. The van der Waals surface area contributed by atoms with Gasteiger partial charge in [0.25, 0.3) is 0 Å². The molecule has 0 saturated carbocycles. The van der Waals surface area contributed by atoms with E-state index in [1.54, 1.807) is 19.5 Å². The zero-order chi connectivity index (χ0) is 29.9. The van der Waals surface area contributed by atoms with E-state index in [1.807, 2.05) is 53.7 Å². The van der Waals surface area contributed by atoms with Gasteiger partial charge in [-0.1, -0.05) is 40.7 Å². The van der Waals surface area contributed by atoms with Crippen LogP contribution in [-0.2, 0) is 28.9 Å². The van der Waals surface area contributed by atoms with Crippen molar-refractivity contribution in [1.82, 2.24) is 15.0 Å². The van der Waals surface area contributed by atoms with Crippen LogP contribution < -0.4 is 10.2 Å². The summed E-state index contributed by atoms with van der Waals surface area (Å²) in [6.07, 6.45) is 4.94. The first-order valence-electron chi connectivity index (χ1n) is 14.0. The van der Waals surface area contributed by atoms with Crippen LogP contribution in [0.4, 0.5) is 0 Å². The van der Waals surface area contributed by atoms with Crippen LogP contribution in [-0.4, -0.2) is 58.9 Å². The average molecular weight is 553 g/mol. The van der Waals surface area contributed by atoms with Crippen LogP contribution in [0.3, 0.4) is 0 Å². The first kappa shape index (κ1) is 30.9. The van der Waals surface area contributed by atoms with E-state index in [0.29, 0.717) is 17.1 Å². The summed E-state index contributed by atoms with van der Waals surface area (Å²) in [4.78, 5) is 13.7. The molecule has 0 aromatic carbocycles. The fourth-order valence-electron chi connectivity index (χ4n) is 5.43. The lowest BCUT2D eigenvalue weighted by atomic mass is 9.69. The summed E-state index contributed by atoms with van der Waals surface area (Å²) >= 11 is 0. The van der Waals surface area contributed by atoms with Gasteiger partial charge in [0.05, 0.1) is 40.8 Å². The summed E-state index contributed by atoms with van der Waals surface area (Å²) in [6.45, 7) is 24.7. The number of ether oxygens (including phenoxy) is 1. The van der Waals surface area contributed by atoms with Gasteiger partial charge in [-0.15, -0.1) is 0 Å². The molecule has 2 aliphatic rings. The van der Waals surface area contributed by atoms with E-state index < -0.39 is 47.9 Å². The maximum Gasteiger partial charge on any atom is 0.641 e. The third-order valence-corrected chi connectivity index (χ3v) is 9.28. The molecule has 11 heteroatoms. The Morgan fingerprint density at radius 2 is 1.45 bits per heavy atom. The molecule has 0 radical (unpaired) electrons. The van der Waals surface area contributed by atoms with Crippen molar-refractivity contribution in [2.45, 2.75) is 111 Å². The van der Waals surface area contributed by atoms with Gasteiger partial charge < -0.3 is 28.0 Å². The van der Waals surface area contributed by atoms with Crippen LogP contribution in [0.2, 0.25) is 0 Å². The highest BCUT2D eigenvalue weighted by molar-refractivity contribution is 6.62. The highest BCUT2D eigenvalue weighted by Gasteiger charge is 2.62. The lowest BCUT2D eigenvalue weighted by Crippen LogP contribution is -2.50. The number of hydrogen-bond acceptors (Lipinski definition) is 9. The minimum Gasteiger partial charge on any atom is -0.481 e. The zero-order valence-corrected chi connectivity index (χ0v) is 26.4. The molecular weight excluding hydrogens is 508 g/mol. The number of pyridine rings is 1. The number of hydrogen-bond donors (Lipinski definition) is 0. The molecule has 9 nitrogen and oxygen atoms in total. The number of aromatic nitrogens is 3. The van der Waals surface area contributed by atoms with Crippen LogP contribution in [0.5, 0.6) is 5.88 Å². The Kier molecular flexibility index (Phi) is 7.77. The molecule has 2 aromatic rings. The molecule has 2 aromatic heterocycles. The Balaban J connectivity index is 1.84. The van der Waals surface area contributed by atoms with Crippen LogP contribution >= 0.6 is 0 Å². The van der Waals surface area contributed by atoms with Crippen LogP contribution in [0.1, 0.15) is 94.3 Å². The topological polar surface area (TPSA) is 94.1 Å². The highest BCUT2D eigenvalue weighted by Crippen LogP contribution is 2.52. The number of methoxy groups -OCH3 is 1. The van der Waals surface area contributed by atoms with Crippen molar-refractivity contribution in [2.75, 3.05) is 7.11 Å². The molecule has 218 valence electrons. The lowest BCUT2D eigenvalue weighted by Gasteiger charge is -2.45. The standard InChI is InChI=1S/C29H45B2N3O6/c1-19(2)28(12)27(10,11)38-31(39-28)40-29(24(3,4)5,21-17-32-18-34-23(21)35-13)22-15-14-20(16-33-22)30-36-25(6,7)26(8,9)37-30/h14-19H,1-13H3. The minimum absolute atomic E-state index is 0.173. The molecular formula is C29H45B2N3O6. The Hall–Kier alpha value is -2.04. The average Bonchev–Trinajstić information content (AvgIpc) is 3.22. The SMILES string of the molecule is COc1ncncc1C(OB1OC(C)(C)C(C)(C(C)C)O1)(c1ccc(B2OC(C)(C)C(C)(C)O2)cn1)C(C)(C)C. The summed E-state index contributed by atoms with van der Waals surface area (Å²) < 4.78 is 38.2. The minimum atomic E-state index is -1.23. The molecule has 0 spiro atoms. The third-order valence-electron chi connectivity index (χ3n) is 9.28. The van der Waals surface area contributed by atoms with E-state index in [4.69, 9.17) is 33.0 Å². The predicted molar refractivity (Wildman–Crippen MR) is 155 cm³/mol. The molecule has 2 saturated heterocycles. The maximum absolute atomic E-state index is 6.96. The van der Waals surface area contributed by atoms with Crippen LogP contribution in [0, 0.1) is 11.3 Å². The molecule has 2 fully saturated rings. The largest absolute Gasteiger partial charge is 0.641 e. The highest BCUT2D eigenvalue weighted by atomic mass is 16.8. The first-order chi connectivity index (χ1) is 18.3. The monoisotopic (exact) mass is 553 g/mol. The molecule has 0 N–H and O–H groups in total. The summed E-state index contributed by atoms with van der Waals surface area (Å²) in [5, 5.41) is 0. The van der Waals surface area contributed by atoms with Gasteiger partial charge in [0.2, 0.25) is 5.88 Å². The molecule has 0 aliphatic carbocycles. The van der Waals surface area contributed by atoms with Gasteiger partial charge in [-0.3, -0.25) is 4.98 Å². The van der Waals surface area contributed by atoms with Crippen LogP contribution in [0.15, 0.2) is 30.9 Å². The van der Waals surface area contributed by atoms with E-state index in [-0.39, 0.29) is 5.92 Å². The van der Waals surface area contributed by atoms with E-state index in [1.165, 1.54) is 6.33 Å². The van der Waals surface area contributed by atoms with Gasteiger partial charge in [0.15, 0.2) is 0 Å². The maximum atomic E-state index is 6.96. The molecule has 4 heterocycles. The van der Waals surface area contributed by atoms with Gasteiger partial charge in [0.1, 0.15) is 11.9 Å². The van der Waals surface area contributed by atoms with Crippen molar-refractivity contribution < 1.29 is 28.0 Å². The van der Waals surface area contributed by atoms with E-state index in [0.717, 1.165) is 5.46 Å². The Morgan fingerprint density at radius 3 is 1.93 bits per heavy atom. The summed E-state index contributed by atoms with van der Waals surface area (Å²) in [5.74, 6) is 0.553. The van der Waals surface area contributed by atoms with Gasteiger partial charge >= 0.3 is 14.4 Å². The van der Waals surface area contributed by atoms with Crippen molar-refractivity contribution in [3.05, 3.63) is 42.1 Å². The Morgan fingerprint density at radius 1 is 0.825 bits per heavy atom. The second-order valence-corrected chi connectivity index (χ2v) is 13.9. The van der Waals surface area contributed by atoms with Crippen molar-refractivity contribution in [3.8, 4) is 5.88 Å². The summed E-state index contributed by atoms with van der Waals surface area (Å²) in [6, 6.07) is 3.89. The van der Waals surface area contributed by atoms with Gasteiger partial charge in [-0.05, 0) is 65.9 Å². The molecule has 0 bridgehead atoms. The van der Waals surface area contributed by atoms with Crippen molar-refractivity contribution in [3.63, 3.8) is 0 Å². The fraction of sp³-hybridized carbons (Fsp3) is 0.690. The van der Waals surface area contributed by atoms with Crippen molar-refractivity contribution >= 4 is 19.9 Å². The normalized spacial score (nSPS) is 25.4. The Bertz CT molecular complexity index is 1200. The molecule has 2 aliphatic heterocycles. The van der Waals surface area contributed by atoms with Gasteiger partial charge in [-0.2, -0.15) is 0 Å². The summed E-state index contributed by atoms with van der Waals surface area (Å²) in [5.41, 5.74) is -1.89. The van der Waals surface area contributed by atoms with Gasteiger partial charge in [-0.25, -0.2) is 9.97 Å². The second kappa shape index (κ2) is 10.1. The van der Waals surface area contributed by atoms with Crippen molar-refractivity contribution in [2.24, 2.45) is 11.3 Å². The molecule has 0 amide bonds. The molecule has 40 heavy (non-hydrogen) atoms. The molecule has 2 atom stereocenters. The third kappa shape index (κ3) is 4.87. The Labute approximate surface area is 240 Å². The fourth-order valence-corrected chi connectivity index (χ4v) is 5.43. The smallest absolute Gasteiger partial charge is 0.481 e. The summed E-state index contributed by atoms with van der Waals surface area (Å²) in [7, 11) is 0.0477. The van der Waals surface area contributed by atoms with Gasteiger partial charge in [0, 0.05) is 17.9 Å². The van der Waals surface area contributed by atoms with E-state index in [2.05, 4.69) is 51.5 Å². The first-order valence-corrected chi connectivity index (χ1v) is 14.0.